The van der Waals surface area contributed by atoms with Crippen molar-refractivity contribution in [1.29, 1.82) is 0 Å². The van der Waals surface area contributed by atoms with Gasteiger partial charge in [0, 0.05) is 13.0 Å². The molecule has 0 aliphatic carbocycles. The first kappa shape index (κ1) is 14.6. The zero-order valence-electron chi connectivity index (χ0n) is 11.8. The molecule has 1 atom stereocenters. The molecule has 3 heteroatoms. The van der Waals surface area contributed by atoms with Crippen molar-refractivity contribution in [2.24, 2.45) is 5.92 Å². The molecule has 0 aromatic heterocycles. The molecule has 1 rings (SSSR count). The maximum Gasteiger partial charge on any atom is 0.225 e. The summed E-state index contributed by atoms with van der Waals surface area (Å²) in [6.07, 6.45) is 0.877. The van der Waals surface area contributed by atoms with E-state index in [0.29, 0.717) is 13.2 Å². The Kier molecular flexibility index (Phi) is 5.69. The highest BCUT2D eigenvalue weighted by Crippen LogP contribution is 2.11. The fourth-order valence-electron chi connectivity index (χ4n) is 1.60. The van der Waals surface area contributed by atoms with Crippen molar-refractivity contribution < 1.29 is 9.53 Å². The van der Waals surface area contributed by atoms with E-state index in [2.05, 4.69) is 0 Å². The lowest BCUT2D eigenvalue weighted by Crippen LogP contribution is -2.34. The van der Waals surface area contributed by atoms with Gasteiger partial charge < -0.3 is 9.64 Å². The summed E-state index contributed by atoms with van der Waals surface area (Å²) in [6.45, 7) is 7.18. The summed E-state index contributed by atoms with van der Waals surface area (Å²) in [5.74, 6) is 1.13. The lowest BCUT2D eigenvalue weighted by molar-refractivity contribution is -0.134. The van der Waals surface area contributed by atoms with Gasteiger partial charge in [-0.2, -0.15) is 0 Å². The summed E-state index contributed by atoms with van der Waals surface area (Å²) in [4.78, 5) is 13.6. The average molecular weight is 249 g/mol. The molecule has 0 radical (unpaired) electrons. The molecule has 1 aromatic rings. The van der Waals surface area contributed by atoms with Gasteiger partial charge in [-0.25, -0.2) is 0 Å². The molecule has 0 saturated carbocycles. The van der Waals surface area contributed by atoms with Gasteiger partial charge in [0.05, 0.1) is 6.54 Å². The molecule has 3 nitrogen and oxygen atoms in total. The molecule has 1 unspecified atom stereocenters. The number of ether oxygens (including phenoxy) is 1. The largest absolute Gasteiger partial charge is 0.492 e. The van der Waals surface area contributed by atoms with Crippen LogP contribution in [0.2, 0.25) is 0 Å². The van der Waals surface area contributed by atoms with Gasteiger partial charge in [0.15, 0.2) is 0 Å². The first-order chi connectivity index (χ1) is 8.54. The van der Waals surface area contributed by atoms with E-state index in [-0.39, 0.29) is 11.8 Å². The highest BCUT2D eigenvalue weighted by Gasteiger charge is 2.14. The molecule has 0 spiro atoms. The van der Waals surface area contributed by atoms with E-state index in [4.69, 9.17) is 4.74 Å². The van der Waals surface area contributed by atoms with Crippen LogP contribution in [0.3, 0.4) is 0 Å². The molecule has 18 heavy (non-hydrogen) atoms. The molecule has 1 amide bonds. The summed E-state index contributed by atoms with van der Waals surface area (Å²) in [7, 11) is 1.83. The van der Waals surface area contributed by atoms with E-state index in [1.54, 1.807) is 4.90 Å². The predicted octanol–water partition coefficient (Wildman–Crippen LogP) is 2.88. The summed E-state index contributed by atoms with van der Waals surface area (Å²) in [6, 6.07) is 7.93. The number of aryl methyl sites for hydroxylation is 1. The standard InChI is InChI=1S/C15H23NO2/c1-5-13(3)15(17)16(4)10-11-18-14-8-6-12(2)7-9-14/h6-9,13H,5,10-11H2,1-4H3. The molecule has 0 aliphatic rings. The zero-order valence-corrected chi connectivity index (χ0v) is 11.8. The van der Waals surface area contributed by atoms with Gasteiger partial charge in [0.2, 0.25) is 5.91 Å². The number of likely N-dealkylation sites (N-methyl/N-ethyl adjacent to an activating group) is 1. The second-order valence-corrected chi connectivity index (χ2v) is 4.73. The number of carbonyl (C=O) groups is 1. The molecule has 0 bridgehead atoms. The summed E-state index contributed by atoms with van der Waals surface area (Å²) >= 11 is 0. The molecular formula is C15H23NO2. The van der Waals surface area contributed by atoms with Crippen molar-refractivity contribution in [3.63, 3.8) is 0 Å². The normalized spacial score (nSPS) is 12.0. The van der Waals surface area contributed by atoms with E-state index >= 15 is 0 Å². The van der Waals surface area contributed by atoms with Gasteiger partial charge in [0.25, 0.3) is 0 Å². The van der Waals surface area contributed by atoms with Crippen LogP contribution in [0.15, 0.2) is 24.3 Å². The van der Waals surface area contributed by atoms with Crippen molar-refractivity contribution >= 4 is 5.91 Å². The van der Waals surface area contributed by atoms with Crippen molar-refractivity contribution in [3.8, 4) is 5.75 Å². The number of carbonyl (C=O) groups excluding carboxylic acids is 1. The van der Waals surface area contributed by atoms with E-state index in [1.807, 2.05) is 52.1 Å². The van der Waals surface area contributed by atoms with Crippen molar-refractivity contribution in [1.82, 2.24) is 4.90 Å². The molecule has 1 aromatic carbocycles. The number of nitrogens with zero attached hydrogens (tertiary/aromatic N) is 1. The highest BCUT2D eigenvalue weighted by atomic mass is 16.5. The quantitative estimate of drug-likeness (QED) is 0.776. The Morgan fingerprint density at radius 1 is 1.33 bits per heavy atom. The third-order valence-electron chi connectivity index (χ3n) is 3.13. The lowest BCUT2D eigenvalue weighted by atomic mass is 10.1. The van der Waals surface area contributed by atoms with E-state index < -0.39 is 0 Å². The minimum atomic E-state index is 0.0920. The fourth-order valence-corrected chi connectivity index (χ4v) is 1.60. The third kappa shape index (κ3) is 4.40. The Labute approximate surface area is 110 Å². The molecule has 0 N–H and O–H groups in total. The first-order valence-electron chi connectivity index (χ1n) is 6.49. The van der Waals surface area contributed by atoms with E-state index in [9.17, 15) is 4.79 Å². The van der Waals surface area contributed by atoms with Gasteiger partial charge >= 0.3 is 0 Å². The van der Waals surface area contributed by atoms with Crippen LogP contribution in [-0.4, -0.2) is 31.0 Å². The zero-order chi connectivity index (χ0) is 13.5. The average Bonchev–Trinajstić information content (AvgIpc) is 2.39. The summed E-state index contributed by atoms with van der Waals surface area (Å²) < 4.78 is 5.60. The maximum atomic E-state index is 11.8. The smallest absolute Gasteiger partial charge is 0.225 e. The number of hydrogen-bond donors (Lipinski definition) is 0. The van der Waals surface area contributed by atoms with E-state index in [1.165, 1.54) is 5.56 Å². The van der Waals surface area contributed by atoms with Crippen molar-refractivity contribution in [2.45, 2.75) is 27.2 Å². The van der Waals surface area contributed by atoms with Crippen LogP contribution in [0.5, 0.6) is 5.75 Å². The Morgan fingerprint density at radius 3 is 2.50 bits per heavy atom. The lowest BCUT2D eigenvalue weighted by Gasteiger charge is -2.20. The van der Waals surface area contributed by atoms with Gasteiger partial charge in [-0.3, -0.25) is 4.79 Å². The molecule has 0 heterocycles. The van der Waals surface area contributed by atoms with E-state index in [0.717, 1.165) is 12.2 Å². The topological polar surface area (TPSA) is 29.5 Å². The highest BCUT2D eigenvalue weighted by molar-refractivity contribution is 5.78. The Bertz CT molecular complexity index is 373. The van der Waals surface area contributed by atoms with Crippen molar-refractivity contribution in [3.05, 3.63) is 29.8 Å². The van der Waals surface area contributed by atoms with Crippen LogP contribution in [-0.2, 0) is 4.79 Å². The molecule has 100 valence electrons. The minimum Gasteiger partial charge on any atom is -0.492 e. The van der Waals surface area contributed by atoms with Crippen LogP contribution in [0.1, 0.15) is 25.8 Å². The summed E-state index contributed by atoms with van der Waals surface area (Å²) in [5.41, 5.74) is 1.21. The molecule has 0 fully saturated rings. The predicted molar refractivity (Wildman–Crippen MR) is 73.8 cm³/mol. The SMILES string of the molecule is CCC(C)C(=O)N(C)CCOc1ccc(C)cc1. The van der Waals surface area contributed by atoms with Crippen LogP contribution < -0.4 is 4.74 Å². The molecule has 0 saturated heterocycles. The molecular weight excluding hydrogens is 226 g/mol. The van der Waals surface area contributed by atoms with Crippen molar-refractivity contribution in [2.75, 3.05) is 20.2 Å². The monoisotopic (exact) mass is 249 g/mol. The van der Waals surface area contributed by atoms with Gasteiger partial charge in [-0.1, -0.05) is 31.5 Å². The van der Waals surface area contributed by atoms with Gasteiger partial charge in [-0.15, -0.1) is 0 Å². The number of benzene rings is 1. The first-order valence-corrected chi connectivity index (χ1v) is 6.49. The number of hydrogen-bond acceptors (Lipinski definition) is 2. The summed E-state index contributed by atoms with van der Waals surface area (Å²) in [5, 5.41) is 0. The second-order valence-electron chi connectivity index (χ2n) is 4.73. The fraction of sp³-hybridized carbons (Fsp3) is 0.533. The third-order valence-corrected chi connectivity index (χ3v) is 3.13. The molecule has 0 aliphatic heterocycles. The minimum absolute atomic E-state index is 0.0920. The van der Waals surface area contributed by atoms with Crippen LogP contribution in [0.25, 0.3) is 0 Å². The maximum absolute atomic E-state index is 11.8. The Hall–Kier alpha value is -1.51. The Morgan fingerprint density at radius 2 is 1.94 bits per heavy atom. The Balaban J connectivity index is 2.33. The van der Waals surface area contributed by atoms with Crippen LogP contribution in [0.4, 0.5) is 0 Å². The number of rotatable bonds is 6. The van der Waals surface area contributed by atoms with Gasteiger partial charge in [0.1, 0.15) is 12.4 Å². The van der Waals surface area contributed by atoms with Crippen LogP contribution in [0, 0.1) is 12.8 Å². The second kappa shape index (κ2) is 7.04. The van der Waals surface area contributed by atoms with Gasteiger partial charge in [-0.05, 0) is 25.5 Å². The van der Waals surface area contributed by atoms with Crippen LogP contribution >= 0.6 is 0 Å². The number of amides is 1.